The molecule has 0 saturated carbocycles. The number of para-hydroxylation sites is 1. The van der Waals surface area contributed by atoms with Gasteiger partial charge >= 0.3 is 5.69 Å². The molecule has 4 aromatic rings. The Morgan fingerprint density at radius 1 is 0.862 bits per heavy atom. The lowest BCUT2D eigenvalue weighted by atomic mass is 10.1. The van der Waals surface area contributed by atoms with Gasteiger partial charge in [0.15, 0.2) is 0 Å². The number of hydrogen-bond donors (Lipinski definition) is 1. The zero-order valence-electron chi connectivity index (χ0n) is 15.7. The molecule has 1 aromatic heterocycles. The minimum atomic E-state index is -0.248. The molecular formula is C24H19N3O2. The smallest absolute Gasteiger partial charge is 0.332 e. The number of aromatic hydroxyl groups is 1. The summed E-state index contributed by atoms with van der Waals surface area (Å²) in [7, 11) is 0. The molecule has 1 aliphatic heterocycles. The molecule has 1 N–H and O–H groups in total. The second-order valence-electron chi connectivity index (χ2n) is 7.07. The van der Waals surface area contributed by atoms with Crippen molar-refractivity contribution in [2.75, 3.05) is 0 Å². The molecular weight excluding hydrogens is 362 g/mol. The maximum atomic E-state index is 13.3. The monoisotopic (exact) mass is 381 g/mol. The summed E-state index contributed by atoms with van der Waals surface area (Å²) in [5, 5.41) is 11.1. The predicted molar refractivity (Wildman–Crippen MR) is 113 cm³/mol. The van der Waals surface area contributed by atoms with Gasteiger partial charge in [0.1, 0.15) is 11.4 Å². The first-order valence-corrected chi connectivity index (χ1v) is 9.51. The Labute approximate surface area is 167 Å². The van der Waals surface area contributed by atoms with Gasteiger partial charge in [-0.05, 0) is 17.2 Å². The van der Waals surface area contributed by atoms with Gasteiger partial charge in [-0.3, -0.25) is 9.13 Å². The van der Waals surface area contributed by atoms with Gasteiger partial charge in [-0.1, -0.05) is 78.9 Å². The second-order valence-corrected chi connectivity index (χ2v) is 7.07. The van der Waals surface area contributed by atoms with E-state index in [1.807, 2.05) is 84.9 Å². The minimum Gasteiger partial charge on any atom is -0.493 e. The van der Waals surface area contributed by atoms with Crippen molar-refractivity contribution >= 4 is 11.4 Å². The molecule has 5 rings (SSSR count). The van der Waals surface area contributed by atoms with Gasteiger partial charge in [0, 0.05) is 5.56 Å². The lowest BCUT2D eigenvalue weighted by Gasteiger charge is -2.07. The number of aliphatic imine (C=N–C) groups is 1. The normalized spacial score (nSPS) is 12.6. The van der Waals surface area contributed by atoms with Crippen LogP contribution in [0.25, 0.3) is 0 Å². The molecule has 0 aliphatic carbocycles. The average Bonchev–Trinajstić information content (AvgIpc) is 2.91. The summed E-state index contributed by atoms with van der Waals surface area (Å²) in [6.07, 6.45) is 0. The third kappa shape index (κ3) is 2.97. The first-order chi connectivity index (χ1) is 14.2. The molecule has 0 fully saturated rings. The molecule has 5 nitrogen and oxygen atoms in total. The van der Waals surface area contributed by atoms with Gasteiger partial charge < -0.3 is 5.11 Å². The topological polar surface area (TPSA) is 59.5 Å². The lowest BCUT2D eigenvalue weighted by molar-refractivity contribution is 0.420. The van der Waals surface area contributed by atoms with E-state index >= 15 is 0 Å². The van der Waals surface area contributed by atoms with Gasteiger partial charge in [-0.2, -0.15) is 0 Å². The number of imidazole rings is 1. The van der Waals surface area contributed by atoms with Crippen LogP contribution in [0.15, 0.2) is 94.7 Å². The molecule has 0 atom stereocenters. The van der Waals surface area contributed by atoms with Crippen LogP contribution in [0.1, 0.15) is 22.4 Å². The zero-order chi connectivity index (χ0) is 19.8. The third-order valence-corrected chi connectivity index (χ3v) is 5.21. The Balaban J connectivity index is 1.75. The van der Waals surface area contributed by atoms with E-state index < -0.39 is 0 Å². The van der Waals surface area contributed by atoms with Crippen LogP contribution in [-0.2, 0) is 13.1 Å². The van der Waals surface area contributed by atoms with E-state index in [0.717, 1.165) is 22.4 Å². The van der Waals surface area contributed by atoms with E-state index in [2.05, 4.69) is 0 Å². The van der Waals surface area contributed by atoms with Crippen molar-refractivity contribution in [3.05, 3.63) is 118 Å². The Morgan fingerprint density at radius 2 is 1.52 bits per heavy atom. The van der Waals surface area contributed by atoms with Crippen molar-refractivity contribution in [1.29, 1.82) is 0 Å². The van der Waals surface area contributed by atoms with E-state index in [1.54, 1.807) is 4.57 Å². The highest BCUT2D eigenvalue weighted by Crippen LogP contribution is 2.30. The van der Waals surface area contributed by atoms with Crippen LogP contribution in [0.2, 0.25) is 0 Å². The molecule has 0 spiro atoms. The Hall–Kier alpha value is -3.86. The molecule has 0 unspecified atom stereocenters. The highest BCUT2D eigenvalue weighted by Gasteiger charge is 2.27. The predicted octanol–water partition coefficient (Wildman–Crippen LogP) is 3.93. The molecule has 1 aliphatic rings. The maximum Gasteiger partial charge on any atom is 0.332 e. The average molecular weight is 381 g/mol. The van der Waals surface area contributed by atoms with Crippen LogP contribution in [-0.4, -0.2) is 20.0 Å². The van der Waals surface area contributed by atoms with Crippen molar-refractivity contribution in [1.82, 2.24) is 9.13 Å². The fourth-order valence-corrected chi connectivity index (χ4v) is 3.76. The zero-order valence-corrected chi connectivity index (χ0v) is 15.7. The first-order valence-electron chi connectivity index (χ1n) is 9.51. The summed E-state index contributed by atoms with van der Waals surface area (Å²) >= 11 is 0. The van der Waals surface area contributed by atoms with Gasteiger partial charge in [-0.15, -0.1) is 0 Å². The molecule has 2 heterocycles. The lowest BCUT2D eigenvalue weighted by Crippen LogP contribution is -2.26. The summed E-state index contributed by atoms with van der Waals surface area (Å²) in [6.45, 7) is 0.661. The summed E-state index contributed by atoms with van der Waals surface area (Å²) in [4.78, 5) is 18.1. The number of rotatable bonds is 3. The number of benzene rings is 3. The summed E-state index contributed by atoms with van der Waals surface area (Å²) in [5.74, 6) is -0.0609. The fraction of sp³-hybridized carbons (Fsp3) is 0.0833. The van der Waals surface area contributed by atoms with Gasteiger partial charge in [0.2, 0.25) is 5.88 Å². The van der Waals surface area contributed by atoms with Gasteiger partial charge in [-0.25, -0.2) is 9.79 Å². The molecule has 0 amide bonds. The van der Waals surface area contributed by atoms with Crippen LogP contribution in [0, 0.1) is 0 Å². The van der Waals surface area contributed by atoms with Crippen LogP contribution in [0.5, 0.6) is 5.88 Å². The number of fused-ring (bicyclic) bond motifs is 2. The Bertz CT molecular complexity index is 1270. The highest BCUT2D eigenvalue weighted by atomic mass is 16.3. The molecule has 0 saturated heterocycles. The van der Waals surface area contributed by atoms with E-state index in [4.69, 9.17) is 4.99 Å². The van der Waals surface area contributed by atoms with Crippen LogP contribution >= 0.6 is 0 Å². The van der Waals surface area contributed by atoms with Crippen molar-refractivity contribution in [3.63, 3.8) is 0 Å². The molecule has 0 bridgehead atoms. The summed E-state index contributed by atoms with van der Waals surface area (Å²) < 4.78 is 3.03. The summed E-state index contributed by atoms with van der Waals surface area (Å²) in [6, 6.07) is 27.1. The SMILES string of the molecule is O=c1n(Cc2ccccc2)c(O)c2n1Cc1ccccc1N=C2c1ccccc1. The number of nitrogens with zero attached hydrogens (tertiary/aromatic N) is 3. The van der Waals surface area contributed by atoms with Crippen LogP contribution < -0.4 is 5.69 Å². The van der Waals surface area contributed by atoms with E-state index in [9.17, 15) is 9.90 Å². The molecule has 3 aromatic carbocycles. The van der Waals surface area contributed by atoms with Crippen molar-refractivity contribution in [3.8, 4) is 5.88 Å². The van der Waals surface area contributed by atoms with E-state index in [1.165, 1.54) is 4.57 Å². The second kappa shape index (κ2) is 6.95. The molecule has 142 valence electrons. The van der Waals surface area contributed by atoms with Crippen molar-refractivity contribution < 1.29 is 5.11 Å². The number of hydrogen-bond acceptors (Lipinski definition) is 3. The van der Waals surface area contributed by atoms with Gasteiger partial charge in [0.25, 0.3) is 0 Å². The maximum absolute atomic E-state index is 13.3. The van der Waals surface area contributed by atoms with Crippen molar-refractivity contribution in [2.45, 2.75) is 13.1 Å². The molecule has 0 radical (unpaired) electrons. The van der Waals surface area contributed by atoms with E-state index in [-0.39, 0.29) is 11.6 Å². The van der Waals surface area contributed by atoms with E-state index in [0.29, 0.717) is 24.5 Å². The largest absolute Gasteiger partial charge is 0.493 e. The standard InChI is InChI=1S/C24H19N3O2/c28-23-22-21(18-11-5-2-6-12-18)25-20-14-8-7-13-19(20)16-26(22)24(29)27(23)15-17-9-3-1-4-10-17/h1-14,28H,15-16H2. The first kappa shape index (κ1) is 17.3. The molecule has 29 heavy (non-hydrogen) atoms. The molecule has 5 heteroatoms. The third-order valence-electron chi connectivity index (χ3n) is 5.21. The van der Waals surface area contributed by atoms with Crippen molar-refractivity contribution in [2.24, 2.45) is 4.99 Å². The minimum absolute atomic E-state index is 0.0609. The highest BCUT2D eigenvalue weighted by molar-refractivity contribution is 6.14. The number of aromatic nitrogens is 2. The Kier molecular flexibility index (Phi) is 4.13. The fourth-order valence-electron chi connectivity index (χ4n) is 3.76. The summed E-state index contributed by atoms with van der Waals surface area (Å²) in [5.41, 5.74) is 4.35. The van der Waals surface area contributed by atoms with Crippen LogP contribution in [0.4, 0.5) is 5.69 Å². The quantitative estimate of drug-likeness (QED) is 0.515. The van der Waals surface area contributed by atoms with Crippen LogP contribution in [0.3, 0.4) is 0 Å². The van der Waals surface area contributed by atoms with Gasteiger partial charge in [0.05, 0.1) is 18.8 Å². The Morgan fingerprint density at radius 3 is 2.28 bits per heavy atom.